The second-order valence-electron chi connectivity index (χ2n) is 4.08. The van der Waals surface area contributed by atoms with Gasteiger partial charge in [-0.05, 0) is 38.8 Å². The zero-order valence-electron chi connectivity index (χ0n) is 8.14. The Labute approximate surface area is 70.8 Å². The lowest BCUT2D eigenvalue weighted by molar-refractivity contribution is 0.140. The van der Waals surface area contributed by atoms with Gasteiger partial charge in [0, 0.05) is 6.04 Å². The van der Waals surface area contributed by atoms with Crippen LogP contribution < -0.4 is 0 Å². The van der Waals surface area contributed by atoms with Gasteiger partial charge in [0.1, 0.15) is 0 Å². The number of piperidine rings is 1. The SMILES string of the molecule is CC(C)[C@@H](C)N1CCCCC1. The van der Waals surface area contributed by atoms with Crippen LogP contribution in [0.4, 0.5) is 0 Å². The van der Waals surface area contributed by atoms with Gasteiger partial charge in [-0.25, -0.2) is 0 Å². The van der Waals surface area contributed by atoms with Gasteiger partial charge in [-0.3, -0.25) is 0 Å². The van der Waals surface area contributed by atoms with E-state index in [9.17, 15) is 0 Å². The second-order valence-corrected chi connectivity index (χ2v) is 4.08. The van der Waals surface area contributed by atoms with E-state index in [4.69, 9.17) is 0 Å². The van der Waals surface area contributed by atoms with Crippen molar-refractivity contribution in [3.05, 3.63) is 0 Å². The van der Waals surface area contributed by atoms with Crippen LogP contribution in [0.15, 0.2) is 0 Å². The molecule has 11 heavy (non-hydrogen) atoms. The largest absolute Gasteiger partial charge is 0.300 e. The smallest absolute Gasteiger partial charge is 0.00899 e. The van der Waals surface area contributed by atoms with E-state index in [0.717, 1.165) is 12.0 Å². The number of hydrogen-bond donors (Lipinski definition) is 0. The molecule has 1 fully saturated rings. The summed E-state index contributed by atoms with van der Waals surface area (Å²) in [6.07, 6.45) is 4.27. The molecule has 1 heteroatoms. The highest BCUT2D eigenvalue weighted by atomic mass is 15.2. The molecule has 1 atom stereocenters. The molecular weight excluding hydrogens is 134 g/mol. The van der Waals surface area contributed by atoms with Gasteiger partial charge in [0.25, 0.3) is 0 Å². The van der Waals surface area contributed by atoms with Gasteiger partial charge in [-0.15, -0.1) is 0 Å². The minimum absolute atomic E-state index is 0.787. The van der Waals surface area contributed by atoms with E-state index in [1.807, 2.05) is 0 Å². The molecule has 0 aliphatic carbocycles. The average molecular weight is 155 g/mol. The second kappa shape index (κ2) is 4.10. The molecule has 1 nitrogen and oxygen atoms in total. The van der Waals surface area contributed by atoms with Crippen molar-refractivity contribution in [1.82, 2.24) is 4.90 Å². The van der Waals surface area contributed by atoms with Gasteiger partial charge in [-0.1, -0.05) is 20.3 Å². The fourth-order valence-corrected chi connectivity index (χ4v) is 1.75. The topological polar surface area (TPSA) is 3.24 Å². The highest BCUT2D eigenvalue weighted by Crippen LogP contribution is 2.16. The summed E-state index contributed by atoms with van der Waals surface area (Å²) in [7, 11) is 0. The van der Waals surface area contributed by atoms with E-state index in [1.54, 1.807) is 0 Å². The molecule has 0 amide bonds. The first kappa shape index (κ1) is 9.05. The number of rotatable bonds is 2. The maximum absolute atomic E-state index is 2.63. The molecule has 0 aromatic heterocycles. The third-order valence-electron chi connectivity index (χ3n) is 2.93. The highest BCUT2D eigenvalue weighted by molar-refractivity contribution is 4.73. The molecule has 0 aromatic rings. The van der Waals surface area contributed by atoms with E-state index in [1.165, 1.54) is 32.4 Å². The molecule has 0 N–H and O–H groups in total. The first-order valence-corrected chi connectivity index (χ1v) is 4.96. The summed E-state index contributed by atoms with van der Waals surface area (Å²) in [6.45, 7) is 9.66. The molecule has 1 aliphatic rings. The molecule has 1 rings (SSSR count). The van der Waals surface area contributed by atoms with Gasteiger partial charge >= 0.3 is 0 Å². The summed E-state index contributed by atoms with van der Waals surface area (Å²) in [6, 6.07) is 0.787. The first-order valence-electron chi connectivity index (χ1n) is 4.96. The first-order chi connectivity index (χ1) is 5.22. The van der Waals surface area contributed by atoms with Gasteiger partial charge < -0.3 is 4.90 Å². The Hall–Kier alpha value is -0.0400. The minimum Gasteiger partial charge on any atom is -0.300 e. The van der Waals surface area contributed by atoms with Crippen LogP contribution in [0.3, 0.4) is 0 Å². The normalized spacial score (nSPS) is 24.0. The fourth-order valence-electron chi connectivity index (χ4n) is 1.75. The summed E-state index contributed by atoms with van der Waals surface area (Å²) in [4.78, 5) is 2.63. The molecule has 0 unspecified atom stereocenters. The summed E-state index contributed by atoms with van der Waals surface area (Å²) < 4.78 is 0. The van der Waals surface area contributed by atoms with E-state index < -0.39 is 0 Å². The molecule has 0 aromatic carbocycles. The lowest BCUT2D eigenvalue weighted by Gasteiger charge is -2.34. The standard InChI is InChI=1S/C10H21N/c1-9(2)10(3)11-7-5-4-6-8-11/h9-10H,4-8H2,1-3H3/t10-/m1/s1. The number of hydrogen-bond acceptors (Lipinski definition) is 1. The molecule has 1 aliphatic heterocycles. The highest BCUT2D eigenvalue weighted by Gasteiger charge is 2.18. The maximum atomic E-state index is 2.63. The van der Waals surface area contributed by atoms with Crippen molar-refractivity contribution in [3.63, 3.8) is 0 Å². The van der Waals surface area contributed by atoms with Gasteiger partial charge in [0.2, 0.25) is 0 Å². The van der Waals surface area contributed by atoms with Gasteiger partial charge in [-0.2, -0.15) is 0 Å². The Morgan fingerprint density at radius 1 is 0.909 bits per heavy atom. The third-order valence-corrected chi connectivity index (χ3v) is 2.93. The summed E-state index contributed by atoms with van der Waals surface area (Å²) in [5.41, 5.74) is 0. The van der Waals surface area contributed by atoms with E-state index in [0.29, 0.717) is 0 Å². The summed E-state index contributed by atoms with van der Waals surface area (Å²) in [5.74, 6) is 0.813. The minimum atomic E-state index is 0.787. The molecule has 0 radical (unpaired) electrons. The lowest BCUT2D eigenvalue weighted by Crippen LogP contribution is -2.40. The fraction of sp³-hybridized carbons (Fsp3) is 1.00. The zero-order chi connectivity index (χ0) is 8.27. The maximum Gasteiger partial charge on any atom is 0.00899 e. The monoisotopic (exact) mass is 155 g/mol. The zero-order valence-corrected chi connectivity index (χ0v) is 8.14. The Kier molecular flexibility index (Phi) is 3.38. The molecule has 0 spiro atoms. The van der Waals surface area contributed by atoms with Crippen molar-refractivity contribution in [2.75, 3.05) is 13.1 Å². The predicted octanol–water partition coefficient (Wildman–Crippen LogP) is 2.52. The van der Waals surface area contributed by atoms with Crippen LogP contribution in [-0.2, 0) is 0 Å². The van der Waals surface area contributed by atoms with Crippen LogP contribution >= 0.6 is 0 Å². The quantitative estimate of drug-likeness (QED) is 0.592. The Morgan fingerprint density at radius 3 is 1.91 bits per heavy atom. The van der Waals surface area contributed by atoms with Gasteiger partial charge in [0.05, 0.1) is 0 Å². The molecule has 1 heterocycles. The van der Waals surface area contributed by atoms with Crippen LogP contribution in [0.25, 0.3) is 0 Å². The van der Waals surface area contributed by atoms with Crippen LogP contribution in [0, 0.1) is 5.92 Å². The summed E-state index contributed by atoms with van der Waals surface area (Å²) in [5, 5.41) is 0. The van der Waals surface area contributed by atoms with Crippen molar-refractivity contribution in [2.24, 2.45) is 5.92 Å². The average Bonchev–Trinajstić information content (AvgIpc) is 2.05. The summed E-state index contributed by atoms with van der Waals surface area (Å²) >= 11 is 0. The van der Waals surface area contributed by atoms with Crippen LogP contribution in [0.2, 0.25) is 0 Å². The van der Waals surface area contributed by atoms with E-state index in [2.05, 4.69) is 25.7 Å². The van der Waals surface area contributed by atoms with Gasteiger partial charge in [0.15, 0.2) is 0 Å². The van der Waals surface area contributed by atoms with E-state index >= 15 is 0 Å². The van der Waals surface area contributed by atoms with Crippen molar-refractivity contribution >= 4 is 0 Å². The van der Waals surface area contributed by atoms with Crippen molar-refractivity contribution < 1.29 is 0 Å². The van der Waals surface area contributed by atoms with E-state index in [-0.39, 0.29) is 0 Å². The molecule has 66 valence electrons. The van der Waals surface area contributed by atoms with Crippen LogP contribution in [-0.4, -0.2) is 24.0 Å². The molecule has 0 bridgehead atoms. The Balaban J connectivity index is 2.32. The number of nitrogens with zero attached hydrogens (tertiary/aromatic N) is 1. The van der Waals surface area contributed by atoms with Crippen LogP contribution in [0.1, 0.15) is 40.0 Å². The van der Waals surface area contributed by atoms with Crippen molar-refractivity contribution in [3.8, 4) is 0 Å². The predicted molar refractivity (Wildman–Crippen MR) is 49.7 cm³/mol. The lowest BCUT2D eigenvalue weighted by atomic mass is 10.0. The van der Waals surface area contributed by atoms with Crippen LogP contribution in [0.5, 0.6) is 0 Å². The Morgan fingerprint density at radius 2 is 1.45 bits per heavy atom. The Bertz CT molecular complexity index is 103. The third kappa shape index (κ3) is 2.48. The molecule has 0 saturated carbocycles. The molecule has 1 saturated heterocycles. The molecular formula is C10H21N. The van der Waals surface area contributed by atoms with Crippen molar-refractivity contribution in [2.45, 2.75) is 46.1 Å². The van der Waals surface area contributed by atoms with Crippen molar-refractivity contribution in [1.29, 1.82) is 0 Å². The number of likely N-dealkylation sites (tertiary alicyclic amines) is 1.